The fourth-order valence-electron chi connectivity index (χ4n) is 11.0. The lowest BCUT2D eigenvalue weighted by molar-refractivity contribution is 1.24. The van der Waals surface area contributed by atoms with Crippen molar-refractivity contribution in [2.45, 2.75) is 41.5 Å². The van der Waals surface area contributed by atoms with E-state index in [1.165, 1.54) is 132 Å². The van der Waals surface area contributed by atoms with Crippen molar-refractivity contribution in [2.75, 3.05) is 9.80 Å². The van der Waals surface area contributed by atoms with Gasteiger partial charge in [0.25, 0.3) is 0 Å². The van der Waals surface area contributed by atoms with Crippen LogP contribution in [0.25, 0.3) is 76.2 Å². The van der Waals surface area contributed by atoms with Crippen LogP contribution < -0.4 is 9.80 Å². The van der Waals surface area contributed by atoms with Crippen molar-refractivity contribution in [3.8, 4) is 0 Å². The van der Waals surface area contributed by atoms with E-state index in [0.29, 0.717) is 0 Å². The summed E-state index contributed by atoms with van der Waals surface area (Å²) in [6, 6.07) is 64.0. The van der Waals surface area contributed by atoms with Gasteiger partial charge in [-0.2, -0.15) is 0 Å². The van der Waals surface area contributed by atoms with Crippen LogP contribution >= 0.6 is 0 Å². The molecule has 64 heavy (non-hydrogen) atoms. The highest BCUT2D eigenvalue weighted by Gasteiger charge is 2.27. The molecule has 0 N–H and O–H groups in total. The third-order valence-corrected chi connectivity index (χ3v) is 14.0. The average molecular weight is 823 g/mol. The first-order chi connectivity index (χ1) is 31.2. The lowest BCUT2D eigenvalue weighted by Gasteiger charge is -2.28. The van der Waals surface area contributed by atoms with E-state index < -0.39 is 0 Å². The monoisotopic (exact) mass is 822 g/mol. The zero-order valence-corrected chi connectivity index (χ0v) is 37.0. The number of para-hydroxylation sites is 2. The number of nitrogens with zero attached hydrogens (tertiary/aromatic N) is 4. The molecule has 13 rings (SSSR count). The number of anilines is 6. The van der Waals surface area contributed by atoms with E-state index in [0.717, 1.165) is 11.4 Å². The molecule has 0 spiro atoms. The molecule has 306 valence electrons. The van der Waals surface area contributed by atoms with Gasteiger partial charge < -0.3 is 18.6 Å². The van der Waals surface area contributed by atoms with Crippen LogP contribution in [0.4, 0.5) is 34.1 Å². The Hall–Kier alpha value is -7.82. The fraction of sp³-hybridized carbons (Fsp3) is 0.100. The van der Waals surface area contributed by atoms with Crippen LogP contribution in [0.1, 0.15) is 33.4 Å². The van der Waals surface area contributed by atoms with Gasteiger partial charge in [-0.3, -0.25) is 0 Å². The van der Waals surface area contributed by atoms with Crippen molar-refractivity contribution in [2.24, 2.45) is 0 Å². The molecule has 13 aromatic rings. The Bertz CT molecular complexity index is 3750. The van der Waals surface area contributed by atoms with Crippen molar-refractivity contribution < 1.29 is 0 Å². The molecule has 0 saturated heterocycles. The molecule has 0 fully saturated rings. The van der Waals surface area contributed by atoms with Crippen molar-refractivity contribution in [3.63, 3.8) is 0 Å². The van der Waals surface area contributed by atoms with Crippen molar-refractivity contribution in [1.29, 1.82) is 0 Å². The molecular formula is C60H46N4. The number of aromatic nitrogens is 2. The highest BCUT2D eigenvalue weighted by molar-refractivity contribution is 6.31. The molecule has 0 saturated carbocycles. The smallest absolute Gasteiger partial charge is 0.0621 e. The van der Waals surface area contributed by atoms with Gasteiger partial charge in [0.05, 0.1) is 44.5 Å². The normalized spacial score (nSPS) is 12.2. The summed E-state index contributed by atoms with van der Waals surface area (Å²) in [6.45, 7) is 13.1. The highest BCUT2D eigenvalue weighted by atomic mass is 15.2. The van der Waals surface area contributed by atoms with E-state index in [2.05, 4.69) is 230 Å². The summed E-state index contributed by atoms with van der Waals surface area (Å²) in [5, 5.41) is 10.2. The summed E-state index contributed by atoms with van der Waals surface area (Å²) < 4.78 is 5.09. The molecular weight excluding hydrogens is 777 g/mol. The van der Waals surface area contributed by atoms with E-state index >= 15 is 0 Å². The van der Waals surface area contributed by atoms with Gasteiger partial charge in [-0.1, -0.05) is 108 Å². The first-order valence-electron chi connectivity index (χ1n) is 22.4. The van der Waals surface area contributed by atoms with E-state index in [4.69, 9.17) is 0 Å². The van der Waals surface area contributed by atoms with E-state index in [-0.39, 0.29) is 0 Å². The van der Waals surface area contributed by atoms with Crippen molar-refractivity contribution in [3.05, 3.63) is 203 Å². The number of aryl methyl sites for hydroxylation is 6. The molecule has 0 unspecified atom stereocenters. The van der Waals surface area contributed by atoms with Gasteiger partial charge in [0.15, 0.2) is 0 Å². The first-order valence-corrected chi connectivity index (χ1v) is 22.4. The second kappa shape index (κ2) is 13.3. The summed E-state index contributed by atoms with van der Waals surface area (Å²) in [5.41, 5.74) is 22.0. The van der Waals surface area contributed by atoms with Crippen molar-refractivity contribution >= 4 is 110 Å². The van der Waals surface area contributed by atoms with Crippen LogP contribution in [0.15, 0.2) is 170 Å². The Labute approximate surface area is 372 Å². The molecule has 4 aromatic heterocycles. The van der Waals surface area contributed by atoms with Crippen LogP contribution in [0.3, 0.4) is 0 Å². The van der Waals surface area contributed by atoms with Crippen LogP contribution in [-0.2, 0) is 0 Å². The summed E-state index contributed by atoms with van der Waals surface area (Å²) in [6.07, 6.45) is 0. The number of hydrogen-bond donors (Lipinski definition) is 0. The van der Waals surface area contributed by atoms with Gasteiger partial charge in [0.1, 0.15) is 0 Å². The van der Waals surface area contributed by atoms with Crippen LogP contribution in [0.2, 0.25) is 0 Å². The minimum atomic E-state index is 1.15. The second-order valence-corrected chi connectivity index (χ2v) is 18.2. The van der Waals surface area contributed by atoms with Crippen molar-refractivity contribution in [1.82, 2.24) is 8.80 Å². The van der Waals surface area contributed by atoms with Crippen LogP contribution in [0, 0.1) is 41.5 Å². The van der Waals surface area contributed by atoms with Gasteiger partial charge in [-0.05, 0) is 137 Å². The minimum absolute atomic E-state index is 1.15. The molecule has 0 bridgehead atoms. The highest BCUT2D eigenvalue weighted by Crippen LogP contribution is 2.50. The number of fused-ring (bicyclic) bond motifs is 12. The predicted octanol–water partition coefficient (Wildman–Crippen LogP) is 16.8. The quantitative estimate of drug-likeness (QED) is 0.166. The molecule has 0 amide bonds. The van der Waals surface area contributed by atoms with E-state index in [9.17, 15) is 0 Å². The molecule has 0 aliphatic heterocycles. The minimum Gasteiger partial charge on any atom is -0.310 e. The van der Waals surface area contributed by atoms with Gasteiger partial charge >= 0.3 is 0 Å². The lowest BCUT2D eigenvalue weighted by atomic mass is 10.0. The molecule has 0 radical (unpaired) electrons. The maximum absolute atomic E-state index is 2.54. The number of hydrogen-bond acceptors (Lipinski definition) is 2. The molecule has 0 aliphatic carbocycles. The third kappa shape index (κ3) is 5.05. The second-order valence-electron chi connectivity index (χ2n) is 18.2. The summed E-state index contributed by atoms with van der Waals surface area (Å²) in [4.78, 5) is 4.94. The van der Waals surface area contributed by atoms with E-state index in [1.807, 2.05) is 0 Å². The van der Waals surface area contributed by atoms with Crippen LogP contribution in [-0.4, -0.2) is 8.80 Å². The fourth-order valence-corrected chi connectivity index (χ4v) is 11.0. The lowest BCUT2D eigenvalue weighted by Crippen LogP contribution is -2.12. The maximum atomic E-state index is 2.54. The Kier molecular flexibility index (Phi) is 7.67. The molecule has 9 aromatic carbocycles. The maximum Gasteiger partial charge on any atom is 0.0621 e. The van der Waals surface area contributed by atoms with Gasteiger partial charge in [0, 0.05) is 65.8 Å². The Morgan fingerprint density at radius 1 is 0.297 bits per heavy atom. The van der Waals surface area contributed by atoms with Gasteiger partial charge in [0.2, 0.25) is 0 Å². The average Bonchev–Trinajstić information content (AvgIpc) is 4.04. The first kappa shape index (κ1) is 36.8. The summed E-state index contributed by atoms with van der Waals surface area (Å²) in [5.74, 6) is 0. The Morgan fingerprint density at radius 3 is 1.09 bits per heavy atom. The number of benzene rings is 9. The zero-order chi connectivity index (χ0) is 43.1. The Morgan fingerprint density at radius 2 is 0.672 bits per heavy atom. The topological polar surface area (TPSA) is 15.3 Å². The standard InChI is InChI=1S/C60H46N4/c1-35-21-27-41(28-22-35)61(53-31-37(3)19-25-39(53)5)49-15-9-17-51-57(49)45-13-7-11-43-47-34-56-48(33-55(47)63(51)59(43)45)44-12-8-14-46-58-50(16-10-18-52(58)64(56)60(44)46)62(42-29-23-36(2)24-30-42)54-32-38(4)20-26-40(54)6/h7-34H,1-6H3. The van der Waals surface area contributed by atoms with E-state index in [1.54, 1.807) is 0 Å². The zero-order valence-electron chi connectivity index (χ0n) is 37.0. The SMILES string of the molecule is Cc1ccc(N(c2cc(C)ccc2C)c2cccc3c2c2cccc4c5cc6c(cc5n3c42)c2cccc3c4c(N(c5ccc(C)cc5)c5cc(C)ccc5C)cccc4n6c23)cc1. The predicted molar refractivity (Wildman–Crippen MR) is 274 cm³/mol. The van der Waals surface area contributed by atoms with Gasteiger partial charge in [-0.15, -0.1) is 0 Å². The van der Waals surface area contributed by atoms with Crippen LogP contribution in [0.5, 0.6) is 0 Å². The third-order valence-electron chi connectivity index (χ3n) is 14.0. The number of rotatable bonds is 6. The summed E-state index contributed by atoms with van der Waals surface area (Å²) >= 11 is 0. The Balaban J connectivity index is 1.09. The largest absolute Gasteiger partial charge is 0.310 e. The summed E-state index contributed by atoms with van der Waals surface area (Å²) in [7, 11) is 0. The molecule has 0 aliphatic rings. The molecule has 0 atom stereocenters. The molecule has 4 heteroatoms. The molecule has 4 heterocycles. The molecule has 4 nitrogen and oxygen atoms in total. The van der Waals surface area contributed by atoms with Gasteiger partial charge in [-0.25, -0.2) is 0 Å².